The summed E-state index contributed by atoms with van der Waals surface area (Å²) in [4.78, 5) is 3.15. The second-order valence-electron chi connectivity index (χ2n) is 3.45. The van der Waals surface area contributed by atoms with Crippen molar-refractivity contribution in [3.8, 4) is 11.1 Å². The number of anilines is 1. The van der Waals surface area contributed by atoms with Crippen molar-refractivity contribution >= 4 is 5.82 Å². The lowest BCUT2D eigenvalue weighted by atomic mass is 10.1. The number of nitrogens with one attached hydrogen (secondary N) is 2. The molecule has 1 aromatic heterocycles. The van der Waals surface area contributed by atoms with E-state index in [1.165, 1.54) is 11.1 Å². The molecule has 0 unspecified atom stereocenters. The minimum atomic E-state index is 0.592. The van der Waals surface area contributed by atoms with Gasteiger partial charge in [0.25, 0.3) is 0 Å². The van der Waals surface area contributed by atoms with Crippen molar-refractivity contribution in [1.29, 1.82) is 0 Å². The Bertz CT molecular complexity index is 428. The maximum Gasteiger partial charge on any atom is 0.103 e. The van der Waals surface area contributed by atoms with Gasteiger partial charge in [0, 0.05) is 25.4 Å². The monoisotopic (exact) mass is 201 g/mol. The number of H-pyrrole nitrogens is 1. The summed E-state index contributed by atoms with van der Waals surface area (Å²) in [5.41, 5.74) is 9.09. The molecule has 1 heterocycles. The van der Waals surface area contributed by atoms with Crippen LogP contribution in [0.25, 0.3) is 11.1 Å². The van der Waals surface area contributed by atoms with E-state index in [-0.39, 0.29) is 0 Å². The summed E-state index contributed by atoms with van der Waals surface area (Å²) < 4.78 is 0. The van der Waals surface area contributed by atoms with Crippen LogP contribution in [0.5, 0.6) is 0 Å². The largest absolute Gasteiger partial charge is 0.375 e. The van der Waals surface area contributed by atoms with Crippen molar-refractivity contribution in [3.05, 3.63) is 42.1 Å². The molecule has 0 radical (unpaired) electrons. The summed E-state index contributed by atoms with van der Waals surface area (Å²) in [5.74, 6) is 1.02. The summed E-state index contributed by atoms with van der Waals surface area (Å²) >= 11 is 0. The van der Waals surface area contributed by atoms with Crippen molar-refractivity contribution in [2.45, 2.75) is 6.54 Å². The Morgan fingerprint density at radius 2 is 1.93 bits per heavy atom. The van der Waals surface area contributed by atoms with Crippen LogP contribution >= 0.6 is 0 Å². The summed E-state index contributed by atoms with van der Waals surface area (Å²) in [6, 6.07) is 10.4. The van der Waals surface area contributed by atoms with Gasteiger partial charge in [0.2, 0.25) is 0 Å². The van der Waals surface area contributed by atoms with Crippen LogP contribution in [0.1, 0.15) is 5.56 Å². The van der Waals surface area contributed by atoms with Crippen LogP contribution in [-0.4, -0.2) is 12.0 Å². The number of hydrogen-bond acceptors (Lipinski definition) is 2. The SMILES string of the molecule is CNc1cc(-c2ccc(CN)cc2)c[nH]1. The molecule has 0 saturated heterocycles. The van der Waals surface area contributed by atoms with Gasteiger partial charge >= 0.3 is 0 Å². The van der Waals surface area contributed by atoms with Gasteiger partial charge in [0.15, 0.2) is 0 Å². The third-order valence-electron chi connectivity index (χ3n) is 2.48. The van der Waals surface area contributed by atoms with Gasteiger partial charge in [-0.1, -0.05) is 24.3 Å². The third kappa shape index (κ3) is 2.02. The molecule has 0 bridgehead atoms. The first-order valence-electron chi connectivity index (χ1n) is 4.99. The highest BCUT2D eigenvalue weighted by Gasteiger charge is 2.00. The Labute approximate surface area is 89.3 Å². The number of aromatic amines is 1. The molecule has 0 aliphatic heterocycles. The Kier molecular flexibility index (Phi) is 2.74. The minimum Gasteiger partial charge on any atom is -0.375 e. The average molecular weight is 201 g/mol. The number of benzene rings is 1. The summed E-state index contributed by atoms with van der Waals surface area (Å²) in [5, 5.41) is 3.06. The van der Waals surface area contributed by atoms with E-state index in [1.807, 2.05) is 13.2 Å². The standard InChI is InChI=1S/C12H15N3/c1-14-12-6-11(8-15-12)10-4-2-9(7-13)3-5-10/h2-6,8,14-15H,7,13H2,1H3. The Balaban J connectivity index is 2.28. The van der Waals surface area contributed by atoms with E-state index in [9.17, 15) is 0 Å². The lowest BCUT2D eigenvalue weighted by Gasteiger charge is -1.99. The zero-order chi connectivity index (χ0) is 10.7. The van der Waals surface area contributed by atoms with E-state index < -0.39 is 0 Å². The second-order valence-corrected chi connectivity index (χ2v) is 3.45. The van der Waals surface area contributed by atoms with E-state index in [4.69, 9.17) is 5.73 Å². The van der Waals surface area contributed by atoms with Gasteiger partial charge in [-0.2, -0.15) is 0 Å². The number of hydrogen-bond donors (Lipinski definition) is 3. The van der Waals surface area contributed by atoms with Gasteiger partial charge in [-0.15, -0.1) is 0 Å². The van der Waals surface area contributed by atoms with Gasteiger partial charge in [-0.3, -0.25) is 0 Å². The number of rotatable bonds is 3. The van der Waals surface area contributed by atoms with E-state index in [2.05, 4.69) is 40.6 Å². The molecule has 4 N–H and O–H groups in total. The summed E-state index contributed by atoms with van der Waals surface area (Å²) in [6.45, 7) is 0.592. The lowest BCUT2D eigenvalue weighted by molar-refractivity contribution is 1.07. The van der Waals surface area contributed by atoms with Crippen LogP contribution in [0.4, 0.5) is 5.82 Å². The lowest BCUT2D eigenvalue weighted by Crippen LogP contribution is -1.94. The molecule has 1 aromatic carbocycles. The first-order valence-corrected chi connectivity index (χ1v) is 4.99. The molecule has 2 rings (SSSR count). The Morgan fingerprint density at radius 1 is 1.20 bits per heavy atom. The number of aromatic nitrogens is 1. The highest BCUT2D eigenvalue weighted by atomic mass is 15.0. The molecule has 15 heavy (non-hydrogen) atoms. The highest BCUT2D eigenvalue weighted by molar-refractivity contribution is 5.67. The molecule has 0 aliphatic carbocycles. The zero-order valence-corrected chi connectivity index (χ0v) is 8.75. The molecule has 0 amide bonds. The van der Waals surface area contributed by atoms with Crippen molar-refractivity contribution in [2.24, 2.45) is 5.73 Å². The smallest absolute Gasteiger partial charge is 0.103 e. The van der Waals surface area contributed by atoms with Gasteiger partial charge in [-0.05, 0) is 17.2 Å². The van der Waals surface area contributed by atoms with Crippen molar-refractivity contribution < 1.29 is 0 Å². The third-order valence-corrected chi connectivity index (χ3v) is 2.48. The molecule has 78 valence electrons. The van der Waals surface area contributed by atoms with E-state index in [1.54, 1.807) is 0 Å². The Hall–Kier alpha value is -1.74. The van der Waals surface area contributed by atoms with E-state index in [0.717, 1.165) is 11.4 Å². The average Bonchev–Trinajstić information content (AvgIpc) is 2.78. The molecular weight excluding hydrogens is 186 g/mol. The van der Waals surface area contributed by atoms with Crippen molar-refractivity contribution in [2.75, 3.05) is 12.4 Å². The fourth-order valence-electron chi connectivity index (χ4n) is 1.54. The highest BCUT2D eigenvalue weighted by Crippen LogP contribution is 2.22. The molecule has 0 saturated carbocycles. The first-order chi connectivity index (χ1) is 7.33. The van der Waals surface area contributed by atoms with Crippen LogP contribution in [0.15, 0.2) is 36.5 Å². The normalized spacial score (nSPS) is 10.3. The topological polar surface area (TPSA) is 53.8 Å². The molecule has 0 aliphatic rings. The zero-order valence-electron chi connectivity index (χ0n) is 8.75. The van der Waals surface area contributed by atoms with E-state index >= 15 is 0 Å². The fraction of sp³-hybridized carbons (Fsp3) is 0.167. The molecule has 2 aromatic rings. The van der Waals surface area contributed by atoms with Gasteiger partial charge in [-0.25, -0.2) is 0 Å². The Morgan fingerprint density at radius 3 is 2.47 bits per heavy atom. The minimum absolute atomic E-state index is 0.592. The maximum absolute atomic E-state index is 5.55. The molecule has 3 nitrogen and oxygen atoms in total. The predicted octanol–water partition coefficient (Wildman–Crippen LogP) is 2.18. The van der Waals surface area contributed by atoms with Gasteiger partial charge < -0.3 is 16.0 Å². The van der Waals surface area contributed by atoms with Crippen LogP contribution < -0.4 is 11.1 Å². The molecule has 0 atom stereocenters. The quantitative estimate of drug-likeness (QED) is 0.713. The number of nitrogens with two attached hydrogens (primary N) is 1. The van der Waals surface area contributed by atoms with Gasteiger partial charge in [0.05, 0.1) is 0 Å². The molecule has 3 heteroatoms. The van der Waals surface area contributed by atoms with Crippen LogP contribution in [0.3, 0.4) is 0 Å². The molecule has 0 fully saturated rings. The molecule has 0 spiro atoms. The second kappa shape index (κ2) is 4.19. The fourth-order valence-corrected chi connectivity index (χ4v) is 1.54. The van der Waals surface area contributed by atoms with Gasteiger partial charge in [0.1, 0.15) is 5.82 Å². The molecular formula is C12H15N3. The van der Waals surface area contributed by atoms with Crippen LogP contribution in [0, 0.1) is 0 Å². The van der Waals surface area contributed by atoms with Crippen molar-refractivity contribution in [1.82, 2.24) is 4.98 Å². The first kappa shape index (κ1) is 9.80. The van der Waals surface area contributed by atoms with Crippen molar-refractivity contribution in [3.63, 3.8) is 0 Å². The summed E-state index contributed by atoms with van der Waals surface area (Å²) in [6.07, 6.45) is 1.99. The maximum atomic E-state index is 5.55. The van der Waals surface area contributed by atoms with Crippen LogP contribution in [-0.2, 0) is 6.54 Å². The van der Waals surface area contributed by atoms with E-state index in [0.29, 0.717) is 6.54 Å². The predicted molar refractivity (Wildman–Crippen MR) is 63.7 cm³/mol. The van der Waals surface area contributed by atoms with Crippen LogP contribution in [0.2, 0.25) is 0 Å². The summed E-state index contributed by atoms with van der Waals surface area (Å²) in [7, 11) is 1.90.